The Morgan fingerprint density at radius 2 is 1.96 bits per heavy atom. The van der Waals surface area contributed by atoms with Gasteiger partial charge in [0.15, 0.2) is 5.96 Å². The summed E-state index contributed by atoms with van der Waals surface area (Å²) in [6.07, 6.45) is 3.58. The number of para-hydroxylation sites is 1. The molecule has 0 aromatic heterocycles. The molecule has 0 radical (unpaired) electrons. The van der Waals surface area contributed by atoms with Gasteiger partial charge in [-0.3, -0.25) is 0 Å². The number of aliphatic imine (C=N–C) groups is 1. The van der Waals surface area contributed by atoms with Crippen LogP contribution in [0.2, 0.25) is 0 Å². The van der Waals surface area contributed by atoms with Crippen molar-refractivity contribution in [3.8, 4) is 5.75 Å². The van der Waals surface area contributed by atoms with Crippen molar-refractivity contribution in [3.63, 3.8) is 0 Å². The van der Waals surface area contributed by atoms with Gasteiger partial charge in [0.1, 0.15) is 12.4 Å². The monoisotopic (exact) mass is 352 g/mol. The van der Waals surface area contributed by atoms with Crippen LogP contribution in [0.3, 0.4) is 0 Å². The van der Waals surface area contributed by atoms with Crippen LogP contribution < -0.4 is 15.8 Å². The normalized spacial score (nSPS) is 13.7. The van der Waals surface area contributed by atoms with Gasteiger partial charge in [-0.25, -0.2) is 4.99 Å². The fourth-order valence-corrected chi connectivity index (χ4v) is 3.12. The molecule has 5 nitrogen and oxygen atoms in total. The average Bonchev–Trinajstić information content (AvgIpc) is 3.08. The van der Waals surface area contributed by atoms with Crippen molar-refractivity contribution in [1.82, 2.24) is 4.90 Å². The van der Waals surface area contributed by atoms with Gasteiger partial charge in [-0.2, -0.15) is 0 Å². The summed E-state index contributed by atoms with van der Waals surface area (Å²) in [4.78, 5) is 6.58. The molecule has 1 aliphatic carbocycles. The van der Waals surface area contributed by atoms with E-state index in [0.29, 0.717) is 19.1 Å². The highest BCUT2D eigenvalue weighted by molar-refractivity contribution is 5.92. The Balaban J connectivity index is 1.60. The number of ether oxygens (including phenoxy) is 1. The van der Waals surface area contributed by atoms with Gasteiger partial charge in [-0.05, 0) is 62.7 Å². The van der Waals surface area contributed by atoms with E-state index in [9.17, 15) is 0 Å². The summed E-state index contributed by atoms with van der Waals surface area (Å²) in [5, 5.41) is 3.20. The molecule has 0 aliphatic heterocycles. The van der Waals surface area contributed by atoms with E-state index in [1.54, 1.807) is 0 Å². The molecule has 0 unspecified atom stereocenters. The molecule has 0 amide bonds. The van der Waals surface area contributed by atoms with E-state index in [1.165, 1.54) is 24.0 Å². The van der Waals surface area contributed by atoms with Crippen molar-refractivity contribution >= 4 is 11.6 Å². The fraction of sp³-hybridized carbons (Fsp3) is 0.381. The number of nitrogens with two attached hydrogens (primary N) is 1. The highest BCUT2D eigenvalue weighted by atomic mass is 16.5. The zero-order valence-electron chi connectivity index (χ0n) is 15.7. The second-order valence-corrected chi connectivity index (χ2v) is 6.92. The van der Waals surface area contributed by atoms with Crippen molar-refractivity contribution in [3.05, 3.63) is 59.2 Å². The minimum Gasteiger partial charge on any atom is -0.492 e. The van der Waals surface area contributed by atoms with E-state index in [0.717, 1.165) is 30.0 Å². The Morgan fingerprint density at radius 3 is 2.81 bits per heavy atom. The summed E-state index contributed by atoms with van der Waals surface area (Å²) >= 11 is 0. The highest BCUT2D eigenvalue weighted by Crippen LogP contribution is 2.25. The smallest absolute Gasteiger partial charge is 0.193 e. The van der Waals surface area contributed by atoms with Crippen molar-refractivity contribution in [2.24, 2.45) is 10.7 Å². The number of benzene rings is 2. The molecule has 0 heterocycles. The lowest BCUT2D eigenvalue weighted by molar-refractivity contribution is 0.259. The molecule has 0 saturated carbocycles. The zero-order valence-corrected chi connectivity index (χ0v) is 15.7. The molecule has 26 heavy (non-hydrogen) atoms. The largest absolute Gasteiger partial charge is 0.492 e. The first-order valence-electron chi connectivity index (χ1n) is 9.16. The quantitative estimate of drug-likeness (QED) is 0.594. The predicted molar refractivity (Wildman–Crippen MR) is 108 cm³/mol. The second-order valence-electron chi connectivity index (χ2n) is 6.92. The number of anilines is 1. The first-order chi connectivity index (χ1) is 12.6. The van der Waals surface area contributed by atoms with Crippen molar-refractivity contribution < 1.29 is 4.74 Å². The molecule has 3 rings (SSSR count). The van der Waals surface area contributed by atoms with Gasteiger partial charge >= 0.3 is 0 Å². The number of rotatable bonds is 7. The number of nitrogens with zero attached hydrogens (tertiary/aromatic N) is 2. The summed E-state index contributed by atoms with van der Waals surface area (Å²) in [7, 11) is 4.07. The molecule has 1 aliphatic rings. The molecule has 5 heteroatoms. The van der Waals surface area contributed by atoms with Crippen LogP contribution in [-0.4, -0.2) is 38.1 Å². The first kappa shape index (κ1) is 18.3. The maximum absolute atomic E-state index is 6.08. The van der Waals surface area contributed by atoms with E-state index >= 15 is 0 Å². The Hall–Kier alpha value is -2.53. The number of aryl methyl sites for hydroxylation is 2. The first-order valence-corrected chi connectivity index (χ1v) is 9.16. The SMILES string of the molecule is CN(C)CCOc1ccccc1CN=C(N)Nc1ccc2c(c1)CCC2. The summed E-state index contributed by atoms with van der Waals surface area (Å²) in [6.45, 7) is 2.01. The van der Waals surface area contributed by atoms with Crippen LogP contribution >= 0.6 is 0 Å². The van der Waals surface area contributed by atoms with Gasteiger partial charge in [0.25, 0.3) is 0 Å². The van der Waals surface area contributed by atoms with Crippen molar-refractivity contribution in [2.75, 3.05) is 32.6 Å². The molecule has 2 aromatic carbocycles. The van der Waals surface area contributed by atoms with Crippen LogP contribution in [0.25, 0.3) is 0 Å². The Bertz CT molecular complexity index is 770. The summed E-state index contributed by atoms with van der Waals surface area (Å²) < 4.78 is 5.88. The van der Waals surface area contributed by atoms with E-state index in [2.05, 4.69) is 33.4 Å². The number of hydrogen-bond acceptors (Lipinski definition) is 3. The highest BCUT2D eigenvalue weighted by Gasteiger charge is 2.11. The zero-order chi connectivity index (χ0) is 18.4. The molecule has 0 saturated heterocycles. The molecule has 138 valence electrons. The second kappa shape index (κ2) is 8.72. The van der Waals surface area contributed by atoms with Crippen LogP contribution in [0.5, 0.6) is 5.75 Å². The Morgan fingerprint density at radius 1 is 1.15 bits per heavy atom. The lowest BCUT2D eigenvalue weighted by Gasteiger charge is -2.13. The van der Waals surface area contributed by atoms with Crippen LogP contribution in [0, 0.1) is 0 Å². The van der Waals surface area contributed by atoms with Crippen LogP contribution in [0.1, 0.15) is 23.1 Å². The maximum atomic E-state index is 6.08. The molecule has 3 N–H and O–H groups in total. The number of nitrogens with one attached hydrogen (secondary N) is 1. The lowest BCUT2D eigenvalue weighted by Crippen LogP contribution is -2.22. The third kappa shape index (κ3) is 4.99. The average molecular weight is 352 g/mol. The predicted octanol–water partition coefficient (Wildman–Crippen LogP) is 3.04. The number of hydrogen-bond donors (Lipinski definition) is 2. The van der Waals surface area contributed by atoms with E-state index < -0.39 is 0 Å². The Kier molecular flexibility index (Phi) is 6.12. The minimum atomic E-state index is 0.422. The standard InChI is InChI=1S/C21H28N4O/c1-25(2)12-13-26-20-9-4-3-6-18(20)15-23-21(22)24-19-11-10-16-7-5-8-17(16)14-19/h3-4,6,9-11,14H,5,7-8,12-13,15H2,1-2H3,(H3,22,23,24). The molecule has 0 bridgehead atoms. The van der Waals surface area contributed by atoms with Crippen LogP contribution in [0.4, 0.5) is 5.69 Å². The molecular weight excluding hydrogens is 324 g/mol. The van der Waals surface area contributed by atoms with E-state index in [-0.39, 0.29) is 0 Å². The van der Waals surface area contributed by atoms with Gasteiger partial charge in [-0.15, -0.1) is 0 Å². The van der Waals surface area contributed by atoms with Crippen LogP contribution in [0.15, 0.2) is 47.5 Å². The van der Waals surface area contributed by atoms with Gasteiger partial charge < -0.3 is 20.7 Å². The van der Waals surface area contributed by atoms with Gasteiger partial charge in [0, 0.05) is 17.8 Å². The summed E-state index contributed by atoms with van der Waals surface area (Å²) in [6, 6.07) is 14.4. The number of guanidine groups is 1. The van der Waals surface area contributed by atoms with Crippen molar-refractivity contribution in [1.29, 1.82) is 0 Å². The van der Waals surface area contributed by atoms with E-state index in [4.69, 9.17) is 10.5 Å². The van der Waals surface area contributed by atoms with Crippen molar-refractivity contribution in [2.45, 2.75) is 25.8 Å². The topological polar surface area (TPSA) is 62.9 Å². The van der Waals surface area contributed by atoms with Gasteiger partial charge in [0.2, 0.25) is 0 Å². The third-order valence-electron chi connectivity index (χ3n) is 4.56. The summed E-state index contributed by atoms with van der Waals surface area (Å²) in [5.41, 5.74) is 11.0. The number of fused-ring (bicyclic) bond motifs is 1. The Labute approximate surface area is 155 Å². The third-order valence-corrected chi connectivity index (χ3v) is 4.56. The molecular formula is C21H28N4O. The molecule has 0 fully saturated rings. The van der Waals surface area contributed by atoms with E-state index in [1.807, 2.05) is 38.4 Å². The molecule has 0 atom stereocenters. The number of likely N-dealkylation sites (N-methyl/N-ethyl adjacent to an activating group) is 1. The van der Waals surface area contributed by atoms with Gasteiger partial charge in [0.05, 0.1) is 6.54 Å². The molecule has 0 spiro atoms. The minimum absolute atomic E-state index is 0.422. The fourth-order valence-electron chi connectivity index (χ4n) is 3.12. The molecule has 2 aromatic rings. The lowest BCUT2D eigenvalue weighted by atomic mass is 10.1. The van der Waals surface area contributed by atoms with Gasteiger partial charge in [-0.1, -0.05) is 24.3 Å². The summed E-state index contributed by atoms with van der Waals surface area (Å²) in [5.74, 6) is 1.29. The van der Waals surface area contributed by atoms with Crippen LogP contribution in [-0.2, 0) is 19.4 Å². The maximum Gasteiger partial charge on any atom is 0.193 e.